The Morgan fingerprint density at radius 3 is 2.73 bits per heavy atom. The molecule has 0 aromatic rings. The molecule has 1 fully saturated rings. The van der Waals surface area contributed by atoms with Crippen molar-refractivity contribution < 1.29 is 4.74 Å². The SMILES string of the molecule is CCCCNCCOC1CCCCC1C. The zero-order valence-electron chi connectivity index (χ0n) is 10.4. The van der Waals surface area contributed by atoms with Crippen LogP contribution in [0.2, 0.25) is 0 Å². The fraction of sp³-hybridized carbons (Fsp3) is 1.00. The molecule has 90 valence electrons. The Morgan fingerprint density at radius 2 is 2.00 bits per heavy atom. The molecule has 1 aliphatic carbocycles. The zero-order chi connectivity index (χ0) is 10.9. The van der Waals surface area contributed by atoms with E-state index < -0.39 is 0 Å². The Labute approximate surface area is 94.8 Å². The first kappa shape index (κ1) is 13.0. The Bertz CT molecular complexity index is 149. The molecule has 0 spiro atoms. The van der Waals surface area contributed by atoms with Gasteiger partial charge in [-0.15, -0.1) is 0 Å². The van der Waals surface area contributed by atoms with Crippen molar-refractivity contribution in [2.24, 2.45) is 5.92 Å². The zero-order valence-corrected chi connectivity index (χ0v) is 10.4. The van der Waals surface area contributed by atoms with E-state index >= 15 is 0 Å². The van der Waals surface area contributed by atoms with Crippen LogP contribution in [0.3, 0.4) is 0 Å². The van der Waals surface area contributed by atoms with Crippen molar-refractivity contribution in [3.8, 4) is 0 Å². The van der Waals surface area contributed by atoms with E-state index in [0.29, 0.717) is 6.10 Å². The molecule has 2 nitrogen and oxygen atoms in total. The monoisotopic (exact) mass is 213 g/mol. The van der Waals surface area contributed by atoms with Gasteiger partial charge in [-0.1, -0.05) is 33.1 Å². The molecule has 0 heterocycles. The number of ether oxygens (including phenoxy) is 1. The second kappa shape index (κ2) is 8.12. The van der Waals surface area contributed by atoms with Gasteiger partial charge in [0.2, 0.25) is 0 Å². The van der Waals surface area contributed by atoms with Crippen LogP contribution in [0.4, 0.5) is 0 Å². The lowest BCUT2D eigenvalue weighted by molar-refractivity contribution is -0.00310. The first-order chi connectivity index (χ1) is 7.34. The summed E-state index contributed by atoms with van der Waals surface area (Å²) in [7, 11) is 0. The minimum absolute atomic E-state index is 0.534. The summed E-state index contributed by atoms with van der Waals surface area (Å²) in [5.74, 6) is 0.773. The lowest BCUT2D eigenvalue weighted by Gasteiger charge is -2.28. The summed E-state index contributed by atoms with van der Waals surface area (Å²) in [6, 6.07) is 0. The molecule has 0 radical (unpaired) electrons. The third-order valence-corrected chi connectivity index (χ3v) is 3.35. The van der Waals surface area contributed by atoms with Gasteiger partial charge in [-0.2, -0.15) is 0 Å². The highest BCUT2D eigenvalue weighted by atomic mass is 16.5. The Morgan fingerprint density at radius 1 is 1.20 bits per heavy atom. The summed E-state index contributed by atoms with van der Waals surface area (Å²) < 4.78 is 5.91. The van der Waals surface area contributed by atoms with E-state index in [4.69, 9.17) is 4.74 Å². The molecule has 2 unspecified atom stereocenters. The van der Waals surface area contributed by atoms with Gasteiger partial charge in [0.15, 0.2) is 0 Å². The van der Waals surface area contributed by atoms with Gasteiger partial charge < -0.3 is 10.1 Å². The van der Waals surface area contributed by atoms with Gasteiger partial charge in [-0.25, -0.2) is 0 Å². The average Bonchev–Trinajstić information content (AvgIpc) is 2.25. The molecule has 0 saturated heterocycles. The lowest BCUT2D eigenvalue weighted by atomic mass is 9.88. The maximum absolute atomic E-state index is 5.91. The van der Waals surface area contributed by atoms with Crippen LogP contribution >= 0.6 is 0 Å². The maximum atomic E-state index is 5.91. The molecule has 2 atom stereocenters. The van der Waals surface area contributed by atoms with E-state index in [1.165, 1.54) is 38.5 Å². The normalized spacial score (nSPS) is 26.8. The van der Waals surface area contributed by atoms with E-state index in [9.17, 15) is 0 Å². The second-order valence-electron chi connectivity index (χ2n) is 4.77. The molecule has 1 rings (SSSR count). The van der Waals surface area contributed by atoms with Gasteiger partial charge >= 0.3 is 0 Å². The molecule has 0 aromatic heterocycles. The van der Waals surface area contributed by atoms with Crippen LogP contribution in [0.5, 0.6) is 0 Å². The number of hydrogen-bond acceptors (Lipinski definition) is 2. The van der Waals surface area contributed by atoms with Crippen molar-refractivity contribution in [1.29, 1.82) is 0 Å². The molecule has 1 aliphatic rings. The Kier molecular flexibility index (Phi) is 7.03. The van der Waals surface area contributed by atoms with Gasteiger partial charge in [-0.3, -0.25) is 0 Å². The van der Waals surface area contributed by atoms with Crippen molar-refractivity contribution in [2.45, 2.75) is 58.5 Å². The summed E-state index contributed by atoms with van der Waals surface area (Å²) in [5.41, 5.74) is 0. The minimum atomic E-state index is 0.534. The van der Waals surface area contributed by atoms with Crippen LogP contribution in [0.15, 0.2) is 0 Å². The predicted molar refractivity (Wildman–Crippen MR) is 65.1 cm³/mol. The lowest BCUT2D eigenvalue weighted by Crippen LogP contribution is -2.29. The van der Waals surface area contributed by atoms with E-state index in [-0.39, 0.29) is 0 Å². The van der Waals surface area contributed by atoms with Gasteiger partial charge in [-0.05, 0) is 31.7 Å². The fourth-order valence-electron chi connectivity index (χ4n) is 2.24. The van der Waals surface area contributed by atoms with E-state index in [0.717, 1.165) is 25.6 Å². The van der Waals surface area contributed by atoms with Crippen molar-refractivity contribution in [3.05, 3.63) is 0 Å². The molecule has 2 heteroatoms. The highest BCUT2D eigenvalue weighted by Gasteiger charge is 2.21. The quantitative estimate of drug-likeness (QED) is 0.656. The van der Waals surface area contributed by atoms with Crippen molar-refractivity contribution in [3.63, 3.8) is 0 Å². The average molecular weight is 213 g/mol. The van der Waals surface area contributed by atoms with Crippen molar-refractivity contribution in [2.75, 3.05) is 19.7 Å². The topological polar surface area (TPSA) is 21.3 Å². The predicted octanol–water partition coefficient (Wildman–Crippen LogP) is 2.97. The minimum Gasteiger partial charge on any atom is -0.377 e. The largest absolute Gasteiger partial charge is 0.377 e. The van der Waals surface area contributed by atoms with Gasteiger partial charge in [0, 0.05) is 6.54 Å². The summed E-state index contributed by atoms with van der Waals surface area (Å²) in [6.45, 7) is 7.60. The molecule has 1 saturated carbocycles. The molecule has 0 bridgehead atoms. The number of hydrogen-bond donors (Lipinski definition) is 1. The highest BCUT2D eigenvalue weighted by molar-refractivity contribution is 4.72. The van der Waals surface area contributed by atoms with Crippen LogP contribution in [0.1, 0.15) is 52.4 Å². The van der Waals surface area contributed by atoms with E-state index in [2.05, 4.69) is 19.2 Å². The van der Waals surface area contributed by atoms with Crippen LogP contribution < -0.4 is 5.32 Å². The highest BCUT2D eigenvalue weighted by Crippen LogP contribution is 2.25. The van der Waals surface area contributed by atoms with Crippen LogP contribution in [-0.2, 0) is 4.74 Å². The second-order valence-corrected chi connectivity index (χ2v) is 4.77. The van der Waals surface area contributed by atoms with E-state index in [1.807, 2.05) is 0 Å². The Balaban J connectivity index is 1.94. The summed E-state index contributed by atoms with van der Waals surface area (Å²) in [4.78, 5) is 0. The first-order valence-electron chi connectivity index (χ1n) is 6.67. The van der Waals surface area contributed by atoms with Crippen LogP contribution in [0.25, 0.3) is 0 Å². The smallest absolute Gasteiger partial charge is 0.0601 e. The van der Waals surface area contributed by atoms with Crippen molar-refractivity contribution in [1.82, 2.24) is 5.32 Å². The molecule has 15 heavy (non-hydrogen) atoms. The summed E-state index contributed by atoms with van der Waals surface area (Å²) in [6.07, 6.45) is 8.47. The van der Waals surface area contributed by atoms with E-state index in [1.54, 1.807) is 0 Å². The first-order valence-corrected chi connectivity index (χ1v) is 6.67. The van der Waals surface area contributed by atoms with Crippen molar-refractivity contribution >= 4 is 0 Å². The molecular formula is C13H27NO. The third kappa shape index (κ3) is 5.53. The molecule has 0 amide bonds. The van der Waals surface area contributed by atoms with Crippen LogP contribution in [0, 0.1) is 5.92 Å². The molecule has 1 N–H and O–H groups in total. The molecule has 0 aromatic carbocycles. The number of unbranched alkanes of at least 4 members (excludes halogenated alkanes) is 1. The Hall–Kier alpha value is -0.0800. The third-order valence-electron chi connectivity index (χ3n) is 3.35. The summed E-state index contributed by atoms with van der Waals surface area (Å²) >= 11 is 0. The number of nitrogens with one attached hydrogen (secondary N) is 1. The number of rotatable bonds is 7. The molecular weight excluding hydrogens is 186 g/mol. The van der Waals surface area contributed by atoms with Gasteiger partial charge in [0.1, 0.15) is 0 Å². The standard InChI is InChI=1S/C13H27NO/c1-3-4-9-14-10-11-15-13-8-6-5-7-12(13)2/h12-14H,3-11H2,1-2H3. The van der Waals surface area contributed by atoms with Gasteiger partial charge in [0.05, 0.1) is 12.7 Å². The maximum Gasteiger partial charge on any atom is 0.0601 e. The fourth-order valence-corrected chi connectivity index (χ4v) is 2.24. The summed E-state index contributed by atoms with van der Waals surface area (Å²) in [5, 5.41) is 3.42. The van der Waals surface area contributed by atoms with Gasteiger partial charge in [0.25, 0.3) is 0 Å². The molecule has 0 aliphatic heterocycles. The van der Waals surface area contributed by atoms with Crippen LogP contribution in [-0.4, -0.2) is 25.8 Å².